The number of hydrogen-bond donors (Lipinski definition) is 2. The summed E-state index contributed by atoms with van der Waals surface area (Å²) >= 11 is 0. The zero-order chi connectivity index (χ0) is 14.1. The van der Waals surface area contributed by atoms with E-state index in [1.54, 1.807) is 0 Å². The Morgan fingerprint density at radius 2 is 1.95 bits per heavy atom. The fraction of sp³-hybridized carbons (Fsp3) is 0.250. The van der Waals surface area contributed by atoms with Gasteiger partial charge in [0.05, 0.1) is 6.04 Å². The molecule has 1 heterocycles. The predicted octanol–water partition coefficient (Wildman–Crippen LogP) is 2.89. The van der Waals surface area contributed by atoms with Gasteiger partial charge in [-0.05, 0) is 30.2 Å². The van der Waals surface area contributed by atoms with E-state index in [1.807, 2.05) is 24.3 Å². The molecule has 0 bridgehead atoms. The Labute approximate surface area is 116 Å². The van der Waals surface area contributed by atoms with Gasteiger partial charge in [0.25, 0.3) is 0 Å². The first kappa shape index (κ1) is 13.2. The molecule has 0 radical (unpaired) electrons. The lowest BCUT2D eigenvalue weighted by molar-refractivity contribution is 0.121. The highest BCUT2D eigenvalue weighted by Crippen LogP contribution is 2.34. The highest BCUT2D eigenvalue weighted by molar-refractivity contribution is 5.35. The number of rotatable bonds is 2. The van der Waals surface area contributed by atoms with E-state index in [0.29, 0.717) is 0 Å². The molecule has 0 amide bonds. The number of fused-ring (bicyclic) bond motifs is 1. The van der Waals surface area contributed by atoms with Crippen LogP contribution in [-0.4, -0.2) is 11.7 Å². The molecule has 104 valence electrons. The first-order valence-corrected chi connectivity index (χ1v) is 6.61. The Balaban J connectivity index is 1.97. The highest BCUT2D eigenvalue weighted by Gasteiger charge is 2.28. The first-order valence-electron chi connectivity index (χ1n) is 6.61. The molecule has 2 aromatic rings. The lowest BCUT2D eigenvalue weighted by Crippen LogP contribution is -2.34. The van der Waals surface area contributed by atoms with Crippen LogP contribution in [0.1, 0.15) is 28.8 Å². The summed E-state index contributed by atoms with van der Waals surface area (Å²) in [7, 11) is 0. The van der Waals surface area contributed by atoms with E-state index < -0.39 is 17.7 Å². The maximum absolute atomic E-state index is 13.8. The summed E-state index contributed by atoms with van der Waals surface area (Å²) in [4.78, 5) is 0. The summed E-state index contributed by atoms with van der Waals surface area (Å²) in [6.45, 7) is 0.724. The van der Waals surface area contributed by atoms with Gasteiger partial charge in [0.1, 0.15) is 17.7 Å². The molecule has 0 saturated heterocycles. The number of benzene rings is 2. The fourth-order valence-electron chi connectivity index (χ4n) is 2.74. The van der Waals surface area contributed by atoms with Crippen LogP contribution in [0.5, 0.6) is 0 Å². The van der Waals surface area contributed by atoms with E-state index in [4.69, 9.17) is 0 Å². The Morgan fingerprint density at radius 1 is 1.15 bits per heavy atom. The van der Waals surface area contributed by atoms with Crippen molar-refractivity contribution in [2.24, 2.45) is 0 Å². The summed E-state index contributed by atoms with van der Waals surface area (Å²) in [5, 5.41) is 13.6. The van der Waals surface area contributed by atoms with Crippen LogP contribution in [0.25, 0.3) is 0 Å². The van der Waals surface area contributed by atoms with Crippen molar-refractivity contribution in [1.82, 2.24) is 5.32 Å². The van der Waals surface area contributed by atoms with E-state index >= 15 is 0 Å². The standard InChI is InChI=1S/C16H15F2NO/c17-11-5-6-13(14(18)9-11)16(20)15-12-4-2-1-3-10(12)7-8-19-15/h1-6,9,15-16,19-20H,7-8H2. The summed E-state index contributed by atoms with van der Waals surface area (Å²) in [6.07, 6.45) is -0.164. The van der Waals surface area contributed by atoms with Crippen LogP contribution >= 0.6 is 0 Å². The van der Waals surface area contributed by atoms with Crippen molar-refractivity contribution in [1.29, 1.82) is 0 Å². The van der Waals surface area contributed by atoms with Crippen LogP contribution in [0.15, 0.2) is 42.5 Å². The van der Waals surface area contributed by atoms with Crippen molar-refractivity contribution < 1.29 is 13.9 Å². The second-order valence-electron chi connectivity index (χ2n) is 4.99. The molecule has 0 aliphatic carbocycles. The number of hydrogen-bond acceptors (Lipinski definition) is 2. The number of aliphatic hydroxyl groups is 1. The van der Waals surface area contributed by atoms with Gasteiger partial charge in [-0.3, -0.25) is 0 Å². The van der Waals surface area contributed by atoms with Crippen LogP contribution in [0.3, 0.4) is 0 Å². The Bertz CT molecular complexity index is 630. The minimum absolute atomic E-state index is 0.112. The van der Waals surface area contributed by atoms with Gasteiger partial charge in [0, 0.05) is 11.6 Å². The Kier molecular flexibility index (Phi) is 3.51. The zero-order valence-electron chi connectivity index (χ0n) is 10.8. The monoisotopic (exact) mass is 275 g/mol. The van der Waals surface area contributed by atoms with Crippen molar-refractivity contribution in [2.75, 3.05) is 6.54 Å². The Hall–Kier alpha value is -1.78. The molecule has 2 unspecified atom stereocenters. The van der Waals surface area contributed by atoms with E-state index in [9.17, 15) is 13.9 Å². The maximum atomic E-state index is 13.8. The van der Waals surface area contributed by atoms with Crippen LogP contribution in [0.4, 0.5) is 8.78 Å². The van der Waals surface area contributed by atoms with E-state index in [2.05, 4.69) is 5.32 Å². The zero-order valence-corrected chi connectivity index (χ0v) is 10.8. The van der Waals surface area contributed by atoms with Gasteiger partial charge < -0.3 is 10.4 Å². The van der Waals surface area contributed by atoms with Crippen LogP contribution < -0.4 is 5.32 Å². The van der Waals surface area contributed by atoms with E-state index in [1.165, 1.54) is 6.07 Å². The first-order chi connectivity index (χ1) is 9.66. The molecular formula is C16H15F2NO. The second kappa shape index (κ2) is 5.31. The predicted molar refractivity (Wildman–Crippen MR) is 72.2 cm³/mol. The average molecular weight is 275 g/mol. The van der Waals surface area contributed by atoms with Gasteiger partial charge in [-0.2, -0.15) is 0 Å². The maximum Gasteiger partial charge on any atom is 0.131 e. The molecule has 1 aliphatic rings. The largest absolute Gasteiger partial charge is 0.386 e. The summed E-state index contributed by atoms with van der Waals surface area (Å²) in [5.74, 6) is -1.36. The van der Waals surface area contributed by atoms with Gasteiger partial charge in [-0.1, -0.05) is 30.3 Å². The Morgan fingerprint density at radius 3 is 2.75 bits per heavy atom. The third-order valence-corrected chi connectivity index (χ3v) is 3.75. The summed E-state index contributed by atoms with van der Waals surface area (Å²) < 4.78 is 26.8. The quantitative estimate of drug-likeness (QED) is 0.883. The molecule has 2 aromatic carbocycles. The summed E-state index contributed by atoms with van der Waals surface area (Å²) in [6, 6.07) is 10.7. The molecule has 20 heavy (non-hydrogen) atoms. The van der Waals surface area contributed by atoms with E-state index in [-0.39, 0.29) is 11.6 Å². The number of nitrogens with one attached hydrogen (secondary N) is 1. The van der Waals surface area contributed by atoms with Gasteiger partial charge in [-0.15, -0.1) is 0 Å². The highest BCUT2D eigenvalue weighted by atomic mass is 19.1. The smallest absolute Gasteiger partial charge is 0.131 e. The van der Waals surface area contributed by atoms with E-state index in [0.717, 1.165) is 36.2 Å². The molecule has 3 rings (SSSR count). The second-order valence-corrected chi connectivity index (χ2v) is 4.99. The minimum Gasteiger partial charge on any atom is -0.386 e. The van der Waals surface area contributed by atoms with Gasteiger partial charge in [0.2, 0.25) is 0 Å². The molecule has 0 aromatic heterocycles. The molecule has 1 aliphatic heterocycles. The van der Waals surface area contributed by atoms with Crippen molar-refractivity contribution in [3.05, 3.63) is 70.8 Å². The van der Waals surface area contributed by atoms with Crippen LogP contribution in [0, 0.1) is 11.6 Å². The molecule has 2 N–H and O–H groups in total. The topological polar surface area (TPSA) is 32.3 Å². The molecule has 0 spiro atoms. The molecule has 0 fully saturated rings. The SMILES string of the molecule is OC(c1ccc(F)cc1F)C1NCCc2ccccc21. The van der Waals surface area contributed by atoms with Crippen LogP contribution in [-0.2, 0) is 6.42 Å². The third kappa shape index (κ3) is 2.32. The third-order valence-electron chi connectivity index (χ3n) is 3.75. The molecule has 2 atom stereocenters. The van der Waals surface area contributed by atoms with Crippen molar-refractivity contribution in [3.8, 4) is 0 Å². The summed E-state index contributed by atoms with van der Waals surface area (Å²) in [5.41, 5.74) is 2.23. The van der Waals surface area contributed by atoms with Crippen molar-refractivity contribution in [3.63, 3.8) is 0 Å². The minimum atomic E-state index is -1.04. The van der Waals surface area contributed by atoms with Gasteiger partial charge in [0.15, 0.2) is 0 Å². The number of halogens is 2. The van der Waals surface area contributed by atoms with Crippen molar-refractivity contribution >= 4 is 0 Å². The van der Waals surface area contributed by atoms with Crippen molar-refractivity contribution in [2.45, 2.75) is 18.6 Å². The fourth-order valence-corrected chi connectivity index (χ4v) is 2.74. The molecule has 0 saturated carbocycles. The molecular weight excluding hydrogens is 260 g/mol. The normalized spacial score (nSPS) is 19.4. The van der Waals surface area contributed by atoms with Gasteiger partial charge >= 0.3 is 0 Å². The lowest BCUT2D eigenvalue weighted by atomic mass is 9.88. The average Bonchev–Trinajstić information content (AvgIpc) is 2.46. The number of aliphatic hydroxyl groups excluding tert-OH is 1. The van der Waals surface area contributed by atoms with Gasteiger partial charge in [-0.25, -0.2) is 8.78 Å². The lowest BCUT2D eigenvalue weighted by Gasteiger charge is -2.31. The van der Waals surface area contributed by atoms with Crippen LogP contribution in [0.2, 0.25) is 0 Å². The molecule has 2 nitrogen and oxygen atoms in total. The molecule has 4 heteroatoms.